The number of para-hydroxylation sites is 1. The van der Waals surface area contributed by atoms with Crippen molar-refractivity contribution in [3.63, 3.8) is 0 Å². The lowest BCUT2D eigenvalue weighted by Gasteiger charge is -2.16. The molecule has 2 heterocycles. The molecule has 0 N–H and O–H groups in total. The van der Waals surface area contributed by atoms with E-state index in [1.165, 1.54) is 16.7 Å². The van der Waals surface area contributed by atoms with Gasteiger partial charge in [0.1, 0.15) is 17.3 Å². The van der Waals surface area contributed by atoms with E-state index in [-0.39, 0.29) is 18.4 Å². The molecule has 7 heteroatoms. The number of amides is 2. The number of nitrogens with zero attached hydrogens (tertiary/aromatic N) is 1. The average Bonchev–Trinajstić information content (AvgIpc) is 3.40. The highest BCUT2D eigenvalue weighted by Gasteiger charge is 2.40. The van der Waals surface area contributed by atoms with Gasteiger partial charge in [0.2, 0.25) is 0 Å². The van der Waals surface area contributed by atoms with Crippen molar-refractivity contribution < 1.29 is 23.5 Å². The zero-order valence-corrected chi connectivity index (χ0v) is 18.0. The molecule has 0 spiro atoms. The molecule has 0 radical (unpaired) electrons. The van der Waals surface area contributed by atoms with Crippen LogP contribution in [0.25, 0.3) is 5.57 Å². The molecule has 0 saturated carbocycles. The van der Waals surface area contributed by atoms with E-state index in [4.69, 9.17) is 13.9 Å². The van der Waals surface area contributed by atoms with Gasteiger partial charge >= 0.3 is 0 Å². The van der Waals surface area contributed by atoms with Crippen molar-refractivity contribution in [1.29, 1.82) is 0 Å². The molecule has 158 valence electrons. The van der Waals surface area contributed by atoms with Crippen LogP contribution < -0.4 is 9.47 Å². The summed E-state index contributed by atoms with van der Waals surface area (Å²) in [5.41, 5.74) is 1.79. The van der Waals surface area contributed by atoms with Crippen LogP contribution in [0.4, 0.5) is 0 Å². The number of methoxy groups -OCH3 is 2. The summed E-state index contributed by atoms with van der Waals surface area (Å²) in [7, 11) is 3.14. The summed E-state index contributed by atoms with van der Waals surface area (Å²) in [6.07, 6.45) is 1.59. The number of carbonyl (C=O) groups is 2. The highest BCUT2D eigenvalue weighted by molar-refractivity contribution is 8.03. The third-order valence-electron chi connectivity index (χ3n) is 4.94. The lowest BCUT2D eigenvalue weighted by Crippen LogP contribution is -2.30. The first-order valence-corrected chi connectivity index (χ1v) is 10.6. The Balaban J connectivity index is 1.68. The summed E-state index contributed by atoms with van der Waals surface area (Å²) in [6.45, 7) is 0.172. The highest BCUT2D eigenvalue weighted by Crippen LogP contribution is 2.41. The lowest BCUT2D eigenvalue weighted by atomic mass is 10.0. The van der Waals surface area contributed by atoms with E-state index in [9.17, 15) is 9.59 Å². The Morgan fingerprint density at radius 1 is 0.903 bits per heavy atom. The molecule has 0 saturated heterocycles. The summed E-state index contributed by atoms with van der Waals surface area (Å²) in [4.78, 5) is 28.4. The fourth-order valence-electron chi connectivity index (χ4n) is 3.37. The highest BCUT2D eigenvalue weighted by atomic mass is 32.2. The standard InChI is InChI=1S/C24H21NO5S/c1-28-17-11-9-16(10-12-17)14-25-23(26)21(19-7-3-4-8-20(19)29-2)22(24(25)27)31-15-18-6-5-13-30-18/h3-13H,14-15H2,1-2H3. The second kappa shape index (κ2) is 9.14. The summed E-state index contributed by atoms with van der Waals surface area (Å²) in [6, 6.07) is 18.2. The third-order valence-corrected chi connectivity index (χ3v) is 6.04. The minimum Gasteiger partial charge on any atom is -0.497 e. The molecular weight excluding hydrogens is 414 g/mol. The molecule has 1 aromatic heterocycles. The van der Waals surface area contributed by atoms with Crippen LogP contribution >= 0.6 is 11.8 Å². The van der Waals surface area contributed by atoms with E-state index in [0.717, 1.165) is 11.3 Å². The van der Waals surface area contributed by atoms with Gasteiger partial charge in [0.25, 0.3) is 11.8 Å². The smallest absolute Gasteiger partial charge is 0.268 e. The maximum atomic E-state index is 13.4. The van der Waals surface area contributed by atoms with E-state index in [2.05, 4.69) is 0 Å². The number of hydrogen-bond acceptors (Lipinski definition) is 6. The Morgan fingerprint density at radius 3 is 2.35 bits per heavy atom. The predicted octanol–water partition coefficient (Wildman–Crippen LogP) is 4.51. The van der Waals surface area contributed by atoms with Crippen molar-refractivity contribution in [3.8, 4) is 11.5 Å². The number of benzene rings is 2. The Morgan fingerprint density at radius 2 is 1.68 bits per heavy atom. The molecular formula is C24H21NO5S. The second-order valence-electron chi connectivity index (χ2n) is 6.82. The summed E-state index contributed by atoms with van der Waals surface area (Å²) >= 11 is 1.29. The SMILES string of the molecule is COc1ccc(CN2C(=O)C(SCc3ccco3)=C(c3ccccc3OC)C2=O)cc1. The number of ether oxygens (including phenoxy) is 2. The summed E-state index contributed by atoms with van der Waals surface area (Å²) < 4.78 is 16.0. The molecule has 1 aliphatic rings. The molecule has 1 aliphatic heterocycles. The van der Waals surface area contributed by atoms with Gasteiger partial charge in [-0.2, -0.15) is 0 Å². The fraction of sp³-hybridized carbons (Fsp3) is 0.167. The first kappa shape index (κ1) is 20.8. The maximum Gasteiger partial charge on any atom is 0.268 e. The predicted molar refractivity (Wildman–Crippen MR) is 118 cm³/mol. The van der Waals surface area contributed by atoms with Gasteiger partial charge < -0.3 is 13.9 Å². The minimum atomic E-state index is -0.340. The number of thioether (sulfide) groups is 1. The Labute approximate surface area is 184 Å². The Kier molecular flexibility index (Phi) is 6.13. The quantitative estimate of drug-likeness (QED) is 0.485. The van der Waals surface area contributed by atoms with Crippen LogP contribution in [0, 0.1) is 0 Å². The largest absolute Gasteiger partial charge is 0.497 e. The Hall–Kier alpha value is -3.45. The van der Waals surface area contributed by atoms with E-state index >= 15 is 0 Å². The van der Waals surface area contributed by atoms with Gasteiger partial charge in [0.05, 0.1) is 43.3 Å². The van der Waals surface area contributed by atoms with Crippen molar-refractivity contribution in [2.75, 3.05) is 14.2 Å². The van der Waals surface area contributed by atoms with Gasteiger partial charge in [-0.25, -0.2) is 0 Å². The van der Waals surface area contributed by atoms with E-state index < -0.39 is 0 Å². The van der Waals surface area contributed by atoms with E-state index in [1.54, 1.807) is 38.7 Å². The molecule has 0 atom stereocenters. The van der Waals surface area contributed by atoms with Crippen molar-refractivity contribution in [2.24, 2.45) is 0 Å². The van der Waals surface area contributed by atoms with Crippen LogP contribution in [0.2, 0.25) is 0 Å². The lowest BCUT2D eigenvalue weighted by molar-refractivity contribution is -0.137. The number of carbonyl (C=O) groups excluding carboxylic acids is 2. The number of furan rings is 1. The first-order chi connectivity index (χ1) is 15.1. The zero-order chi connectivity index (χ0) is 21.8. The zero-order valence-electron chi connectivity index (χ0n) is 17.2. The monoisotopic (exact) mass is 435 g/mol. The topological polar surface area (TPSA) is 69.0 Å². The van der Waals surface area contributed by atoms with Crippen molar-refractivity contribution in [3.05, 3.63) is 88.7 Å². The molecule has 0 unspecified atom stereocenters. The van der Waals surface area contributed by atoms with Crippen molar-refractivity contribution in [2.45, 2.75) is 12.3 Å². The van der Waals surface area contributed by atoms with E-state index in [0.29, 0.717) is 33.3 Å². The number of rotatable bonds is 8. The molecule has 31 heavy (non-hydrogen) atoms. The van der Waals surface area contributed by atoms with Gasteiger partial charge in [-0.3, -0.25) is 14.5 Å². The van der Waals surface area contributed by atoms with Gasteiger partial charge in [0, 0.05) is 5.56 Å². The number of hydrogen-bond donors (Lipinski definition) is 0. The van der Waals surface area contributed by atoms with E-state index in [1.807, 2.05) is 42.5 Å². The average molecular weight is 436 g/mol. The van der Waals surface area contributed by atoms with Gasteiger partial charge in [0.15, 0.2) is 0 Å². The minimum absolute atomic E-state index is 0.172. The van der Waals surface area contributed by atoms with Gasteiger partial charge in [-0.05, 0) is 35.9 Å². The van der Waals surface area contributed by atoms with Gasteiger partial charge in [-0.15, -0.1) is 11.8 Å². The van der Waals surface area contributed by atoms with Crippen LogP contribution in [0.5, 0.6) is 11.5 Å². The molecule has 0 aliphatic carbocycles. The normalized spacial score (nSPS) is 13.8. The molecule has 0 bridgehead atoms. The molecule has 4 rings (SSSR count). The molecule has 2 amide bonds. The first-order valence-electron chi connectivity index (χ1n) is 9.64. The maximum absolute atomic E-state index is 13.4. The van der Waals surface area contributed by atoms with Crippen LogP contribution in [-0.4, -0.2) is 30.9 Å². The van der Waals surface area contributed by atoms with Crippen LogP contribution in [0.1, 0.15) is 16.9 Å². The second-order valence-corrected chi connectivity index (χ2v) is 7.80. The third kappa shape index (κ3) is 4.22. The molecule has 3 aromatic rings. The molecule has 6 nitrogen and oxygen atoms in total. The molecule has 0 fully saturated rings. The van der Waals surface area contributed by atoms with Crippen LogP contribution in [0.15, 0.2) is 76.2 Å². The van der Waals surface area contributed by atoms with Crippen molar-refractivity contribution in [1.82, 2.24) is 4.90 Å². The number of imide groups is 1. The summed E-state index contributed by atoms with van der Waals surface area (Å²) in [5.74, 6) is 1.76. The van der Waals surface area contributed by atoms with Crippen LogP contribution in [-0.2, 0) is 21.9 Å². The summed E-state index contributed by atoms with van der Waals surface area (Å²) in [5, 5.41) is 0. The van der Waals surface area contributed by atoms with Crippen LogP contribution in [0.3, 0.4) is 0 Å². The fourth-order valence-corrected chi connectivity index (χ4v) is 4.40. The van der Waals surface area contributed by atoms with Crippen molar-refractivity contribution >= 4 is 29.1 Å². The molecule has 2 aromatic carbocycles. The Bertz CT molecular complexity index is 1120. The van der Waals surface area contributed by atoms with Gasteiger partial charge in [-0.1, -0.05) is 30.3 Å².